The number of benzene rings is 1. The van der Waals surface area contributed by atoms with Crippen LogP contribution < -0.4 is 10.6 Å². The quantitative estimate of drug-likeness (QED) is 0.668. The molecule has 0 unspecified atom stereocenters. The number of hydrogen-bond acceptors (Lipinski definition) is 4. The molecule has 0 aliphatic carbocycles. The van der Waals surface area contributed by atoms with Gasteiger partial charge in [0.25, 0.3) is 0 Å². The summed E-state index contributed by atoms with van der Waals surface area (Å²) in [5.74, 6) is -0.0435. The first-order valence-corrected chi connectivity index (χ1v) is 8.28. The van der Waals surface area contributed by atoms with Gasteiger partial charge >= 0.3 is 0 Å². The summed E-state index contributed by atoms with van der Waals surface area (Å²) in [6.45, 7) is 2.53. The molecule has 132 valence electrons. The lowest BCUT2D eigenvalue weighted by Gasteiger charge is -2.02. The molecule has 0 saturated carbocycles. The predicted octanol–water partition coefficient (Wildman–Crippen LogP) is 2.22. The molecule has 0 radical (unpaired) electrons. The second-order valence-corrected chi connectivity index (χ2v) is 5.60. The number of nitrogens with one attached hydrogen (secondary N) is 2. The molecule has 0 atom stereocenters. The highest BCUT2D eigenvalue weighted by Gasteiger charge is 2.06. The van der Waals surface area contributed by atoms with Gasteiger partial charge in [-0.2, -0.15) is 5.10 Å². The van der Waals surface area contributed by atoms with E-state index >= 15 is 0 Å². The number of amides is 2. The average Bonchev–Trinajstić information content (AvgIpc) is 3.06. The zero-order valence-corrected chi connectivity index (χ0v) is 14.3. The van der Waals surface area contributed by atoms with Crippen molar-refractivity contribution in [2.75, 3.05) is 11.9 Å². The molecule has 2 heterocycles. The van der Waals surface area contributed by atoms with Gasteiger partial charge in [-0.1, -0.05) is 24.3 Å². The van der Waals surface area contributed by atoms with Crippen molar-refractivity contribution in [1.29, 1.82) is 0 Å². The fourth-order valence-corrected chi connectivity index (χ4v) is 2.51. The Balaban J connectivity index is 1.64. The van der Waals surface area contributed by atoms with Gasteiger partial charge in [-0.15, -0.1) is 0 Å². The molecule has 0 aliphatic rings. The highest BCUT2D eigenvalue weighted by Crippen LogP contribution is 2.17. The van der Waals surface area contributed by atoms with E-state index in [9.17, 15) is 9.59 Å². The third-order valence-electron chi connectivity index (χ3n) is 3.65. The van der Waals surface area contributed by atoms with Gasteiger partial charge in [0, 0.05) is 42.0 Å². The Morgan fingerprint density at radius 2 is 2.04 bits per heavy atom. The van der Waals surface area contributed by atoms with E-state index < -0.39 is 0 Å². The van der Waals surface area contributed by atoms with E-state index in [0.717, 1.165) is 16.5 Å². The van der Waals surface area contributed by atoms with E-state index in [1.165, 1.54) is 10.8 Å². The minimum absolute atomic E-state index is 0.112. The minimum Gasteiger partial charge on any atom is -0.355 e. The van der Waals surface area contributed by atoms with Crippen molar-refractivity contribution in [1.82, 2.24) is 20.1 Å². The molecule has 1 aromatic carbocycles. The van der Waals surface area contributed by atoms with Crippen molar-refractivity contribution in [2.45, 2.75) is 13.5 Å². The number of nitrogens with zero attached hydrogens (tertiary/aromatic N) is 3. The molecule has 2 aromatic heterocycles. The number of rotatable bonds is 6. The second-order valence-electron chi connectivity index (χ2n) is 5.60. The van der Waals surface area contributed by atoms with Gasteiger partial charge in [0.15, 0.2) is 5.82 Å². The van der Waals surface area contributed by atoms with Crippen LogP contribution in [0.3, 0.4) is 0 Å². The van der Waals surface area contributed by atoms with E-state index in [1.807, 2.05) is 37.3 Å². The zero-order valence-electron chi connectivity index (χ0n) is 14.3. The molecule has 3 aromatic rings. The Hall–Kier alpha value is -3.48. The molecule has 0 fully saturated rings. The standard InChI is InChI=1S/C19H19N5O2/c1-2-20-18(26)13-24-12-10-16(23-24)22-17(25)9-8-15-6-3-5-14-7-4-11-21-19(14)15/h3-12H,2,13H2,1H3,(H,20,26)(H,22,23,25)/b9-8+. The van der Waals surface area contributed by atoms with Gasteiger partial charge in [0.2, 0.25) is 11.8 Å². The third-order valence-corrected chi connectivity index (χ3v) is 3.65. The van der Waals surface area contributed by atoms with Crippen molar-refractivity contribution < 1.29 is 9.59 Å². The van der Waals surface area contributed by atoms with Crippen LogP contribution in [-0.4, -0.2) is 33.1 Å². The molecule has 0 bridgehead atoms. The van der Waals surface area contributed by atoms with E-state index in [0.29, 0.717) is 12.4 Å². The molecule has 0 aliphatic heterocycles. The van der Waals surface area contributed by atoms with Crippen LogP contribution in [0.25, 0.3) is 17.0 Å². The summed E-state index contributed by atoms with van der Waals surface area (Å²) in [5, 5.41) is 10.5. The van der Waals surface area contributed by atoms with Crippen LogP contribution in [0, 0.1) is 0 Å². The molecule has 7 nitrogen and oxygen atoms in total. The van der Waals surface area contributed by atoms with Gasteiger partial charge in [-0.05, 0) is 19.1 Å². The Morgan fingerprint density at radius 3 is 2.88 bits per heavy atom. The maximum absolute atomic E-state index is 12.1. The van der Waals surface area contributed by atoms with Crippen LogP contribution in [0.5, 0.6) is 0 Å². The summed E-state index contributed by atoms with van der Waals surface area (Å²) in [7, 11) is 0. The van der Waals surface area contributed by atoms with Crippen LogP contribution in [0.2, 0.25) is 0 Å². The zero-order chi connectivity index (χ0) is 18.4. The molecular weight excluding hydrogens is 330 g/mol. The number of likely N-dealkylation sites (N-methyl/N-ethyl adjacent to an activating group) is 1. The molecular formula is C19H19N5O2. The maximum atomic E-state index is 12.1. The van der Waals surface area contributed by atoms with Crippen LogP contribution in [0.4, 0.5) is 5.82 Å². The van der Waals surface area contributed by atoms with E-state index in [-0.39, 0.29) is 18.4 Å². The summed E-state index contributed by atoms with van der Waals surface area (Å²) in [6, 6.07) is 11.3. The van der Waals surface area contributed by atoms with Crippen molar-refractivity contribution in [3.8, 4) is 0 Å². The molecule has 0 spiro atoms. The molecule has 2 amide bonds. The van der Waals surface area contributed by atoms with Crippen LogP contribution in [-0.2, 0) is 16.1 Å². The lowest BCUT2D eigenvalue weighted by Crippen LogP contribution is -2.27. The maximum Gasteiger partial charge on any atom is 0.249 e. The molecule has 2 N–H and O–H groups in total. The minimum atomic E-state index is -0.304. The highest BCUT2D eigenvalue weighted by molar-refractivity contribution is 6.02. The molecule has 3 rings (SSSR count). The Labute approximate surface area is 150 Å². The van der Waals surface area contributed by atoms with E-state index in [4.69, 9.17) is 0 Å². The lowest BCUT2D eigenvalue weighted by molar-refractivity contribution is -0.121. The lowest BCUT2D eigenvalue weighted by atomic mass is 10.1. The predicted molar refractivity (Wildman–Crippen MR) is 100 cm³/mol. The number of fused-ring (bicyclic) bond motifs is 1. The first kappa shape index (κ1) is 17.3. The Kier molecular flexibility index (Phi) is 5.38. The van der Waals surface area contributed by atoms with Gasteiger partial charge in [-0.25, -0.2) is 0 Å². The molecule has 0 saturated heterocycles. The normalized spacial score (nSPS) is 11.0. The van der Waals surface area contributed by atoms with Crippen molar-refractivity contribution in [3.63, 3.8) is 0 Å². The number of para-hydroxylation sites is 1. The third kappa shape index (κ3) is 4.32. The summed E-state index contributed by atoms with van der Waals surface area (Å²) in [6.07, 6.45) is 6.52. The van der Waals surface area contributed by atoms with Crippen molar-refractivity contribution in [2.24, 2.45) is 0 Å². The van der Waals surface area contributed by atoms with Crippen LogP contribution in [0.15, 0.2) is 54.9 Å². The molecule has 26 heavy (non-hydrogen) atoms. The fourth-order valence-electron chi connectivity index (χ4n) is 2.51. The topological polar surface area (TPSA) is 88.9 Å². The summed E-state index contributed by atoms with van der Waals surface area (Å²) >= 11 is 0. The summed E-state index contributed by atoms with van der Waals surface area (Å²) in [5.41, 5.74) is 1.70. The second kappa shape index (κ2) is 8.06. The first-order chi connectivity index (χ1) is 12.7. The Morgan fingerprint density at radius 1 is 1.19 bits per heavy atom. The number of carbonyl (C=O) groups is 2. The van der Waals surface area contributed by atoms with Crippen LogP contribution >= 0.6 is 0 Å². The molecule has 7 heteroatoms. The summed E-state index contributed by atoms with van der Waals surface area (Å²) in [4.78, 5) is 28.0. The van der Waals surface area contributed by atoms with E-state index in [1.54, 1.807) is 24.5 Å². The number of hydrogen-bond donors (Lipinski definition) is 2. The van der Waals surface area contributed by atoms with Gasteiger partial charge < -0.3 is 10.6 Å². The summed E-state index contributed by atoms with van der Waals surface area (Å²) < 4.78 is 1.47. The SMILES string of the molecule is CCNC(=O)Cn1ccc(NC(=O)/C=C/c2cccc3cccnc23)n1. The number of carbonyl (C=O) groups excluding carboxylic acids is 2. The van der Waals surface area contributed by atoms with E-state index in [2.05, 4.69) is 20.7 Å². The number of aromatic nitrogens is 3. The number of pyridine rings is 1. The first-order valence-electron chi connectivity index (χ1n) is 8.28. The van der Waals surface area contributed by atoms with Crippen molar-refractivity contribution in [3.05, 3.63) is 60.4 Å². The largest absolute Gasteiger partial charge is 0.355 e. The number of anilines is 1. The fraction of sp³-hybridized carbons (Fsp3) is 0.158. The Bertz CT molecular complexity index is 956. The monoisotopic (exact) mass is 349 g/mol. The van der Waals surface area contributed by atoms with Gasteiger partial charge in [0.05, 0.1) is 5.52 Å². The van der Waals surface area contributed by atoms with Crippen molar-refractivity contribution >= 4 is 34.6 Å². The van der Waals surface area contributed by atoms with Gasteiger partial charge in [-0.3, -0.25) is 19.3 Å². The average molecular weight is 349 g/mol. The smallest absolute Gasteiger partial charge is 0.249 e. The highest BCUT2D eigenvalue weighted by atomic mass is 16.2. The van der Waals surface area contributed by atoms with Gasteiger partial charge in [0.1, 0.15) is 6.54 Å². The van der Waals surface area contributed by atoms with Crippen LogP contribution in [0.1, 0.15) is 12.5 Å².